The minimum atomic E-state index is -4.32. The van der Waals surface area contributed by atoms with Gasteiger partial charge in [-0.3, -0.25) is 4.89 Å². The zero-order valence-corrected chi connectivity index (χ0v) is 4.65. The summed E-state index contributed by atoms with van der Waals surface area (Å²) in [7, 11) is -4.32. The fraction of sp³-hybridized carbons (Fsp3) is 0. The van der Waals surface area contributed by atoms with Gasteiger partial charge in [0.1, 0.15) is 0 Å². The Morgan fingerprint density at radius 1 is 0.833 bits per heavy atom. The molecule has 0 atom stereocenters. The minimum absolute atomic E-state index is 0. The van der Waals surface area contributed by atoms with E-state index in [0.717, 1.165) is 0 Å². The van der Waals surface area contributed by atoms with Gasteiger partial charge in [-0.25, -0.2) is 4.57 Å². The molecule has 1 fully saturated rings. The van der Waals surface area contributed by atoms with Crippen LogP contribution in [0.2, 0.25) is 0 Å². The predicted octanol–water partition coefficient (Wildman–Crippen LogP) is -2.17. The topological polar surface area (TPSA) is 92.7 Å². The molecule has 0 bridgehead atoms. The van der Waals surface area contributed by atoms with Crippen LogP contribution < -0.4 is 0 Å². The molecule has 0 aromatic carbocycles. The van der Waals surface area contributed by atoms with E-state index in [1.807, 2.05) is 0 Å². The Bertz CT molecular complexity index is 124. The van der Waals surface area contributed by atoms with Gasteiger partial charge in [0, 0.05) is 0 Å². The third kappa shape index (κ3) is 11.3. The molecule has 0 radical (unpaired) electrons. The third-order valence-corrected chi connectivity index (χ3v) is 0.831. The summed E-state index contributed by atoms with van der Waals surface area (Å²) < 4.78 is 17.2. The SMILES string of the molecule is O=P1(O)OOOOOO1.[KH].[KH].[KH]. The average molecular weight is 280 g/mol. The van der Waals surface area contributed by atoms with Crippen LogP contribution in [0.5, 0.6) is 0 Å². The van der Waals surface area contributed by atoms with E-state index in [9.17, 15) is 4.57 Å². The van der Waals surface area contributed by atoms with Crippen LogP contribution in [0.15, 0.2) is 0 Å². The van der Waals surface area contributed by atoms with Crippen molar-refractivity contribution in [3.05, 3.63) is 0 Å². The molecule has 8 nitrogen and oxygen atoms in total. The molecular formula is H4K3O8P. The summed E-state index contributed by atoms with van der Waals surface area (Å²) in [5, 5.41) is 13.7. The summed E-state index contributed by atoms with van der Waals surface area (Å²) in [5.74, 6) is 0. The second-order valence-corrected chi connectivity index (χ2v) is 2.13. The normalized spacial score (nSPS) is 20.4. The zero-order valence-electron chi connectivity index (χ0n) is 3.75. The van der Waals surface area contributed by atoms with E-state index in [2.05, 4.69) is 29.5 Å². The van der Waals surface area contributed by atoms with Gasteiger partial charge < -0.3 is 0 Å². The van der Waals surface area contributed by atoms with Crippen LogP contribution in [-0.2, 0) is 34.1 Å². The van der Waals surface area contributed by atoms with E-state index in [0.29, 0.717) is 0 Å². The Hall–Kier alpha value is 4.86. The fourth-order valence-electron chi connectivity index (χ4n) is 0.137. The fourth-order valence-corrected chi connectivity index (χ4v) is 0.365. The van der Waals surface area contributed by atoms with Gasteiger partial charge in [0.2, 0.25) is 0 Å². The first-order chi connectivity index (χ1) is 4.21. The van der Waals surface area contributed by atoms with E-state index in [1.54, 1.807) is 0 Å². The van der Waals surface area contributed by atoms with Gasteiger partial charge >= 0.3 is 162 Å². The Labute approximate surface area is 195 Å². The van der Waals surface area contributed by atoms with E-state index >= 15 is 0 Å². The van der Waals surface area contributed by atoms with Gasteiger partial charge in [-0.05, 0) is 20.2 Å². The van der Waals surface area contributed by atoms with Gasteiger partial charge in [0.25, 0.3) is 0 Å². The van der Waals surface area contributed by atoms with Crippen molar-refractivity contribution >= 4 is 162 Å². The summed E-state index contributed by atoms with van der Waals surface area (Å²) in [5.41, 5.74) is 0. The number of rotatable bonds is 0. The van der Waals surface area contributed by atoms with Crippen molar-refractivity contribution in [3.63, 3.8) is 0 Å². The first-order valence-corrected chi connectivity index (χ1v) is 3.08. The Balaban J connectivity index is -0.000000270. The monoisotopic (exact) mass is 280 g/mol. The summed E-state index contributed by atoms with van der Waals surface area (Å²) in [6.07, 6.45) is 0. The van der Waals surface area contributed by atoms with E-state index in [-0.39, 0.29) is 154 Å². The molecule has 0 unspecified atom stereocenters. The maximum absolute atomic E-state index is 10.2. The molecule has 1 N–H and O–H groups in total. The Kier molecular flexibility index (Phi) is 22.7. The molecule has 60 valence electrons. The van der Waals surface area contributed by atoms with Crippen LogP contribution in [0.3, 0.4) is 0 Å². The molecule has 1 saturated heterocycles. The first-order valence-electron chi connectivity index (χ1n) is 1.58. The van der Waals surface area contributed by atoms with Crippen molar-refractivity contribution in [1.29, 1.82) is 0 Å². The molecule has 0 amide bonds. The quantitative estimate of drug-likeness (QED) is 0.304. The van der Waals surface area contributed by atoms with Crippen LogP contribution in [0.25, 0.3) is 0 Å². The van der Waals surface area contributed by atoms with Crippen LogP contribution in [0.1, 0.15) is 0 Å². The molecule has 0 aromatic heterocycles. The van der Waals surface area contributed by atoms with Gasteiger partial charge in [-0.2, -0.15) is 0 Å². The molecule has 12 heavy (non-hydrogen) atoms. The number of phosphoric acid groups is 1. The third-order valence-electron chi connectivity index (χ3n) is 0.333. The summed E-state index contributed by atoms with van der Waals surface area (Å²) in [6, 6.07) is 0. The van der Waals surface area contributed by atoms with E-state index in [4.69, 9.17) is 4.89 Å². The standard InChI is InChI=1S/3K.HO8P.3H/c;;;1-9(2)7-5-3-4-6-8-9;;;/h;;;(H,1,2);;;. The van der Waals surface area contributed by atoms with Gasteiger partial charge in [0.15, 0.2) is 0 Å². The number of hydrogen-bond acceptors (Lipinski definition) is 7. The second-order valence-electron chi connectivity index (χ2n) is 0.890. The molecular weight excluding hydrogens is 276 g/mol. The summed E-state index contributed by atoms with van der Waals surface area (Å²) in [6.45, 7) is 0. The van der Waals surface area contributed by atoms with Crippen molar-refractivity contribution in [2.75, 3.05) is 0 Å². The predicted molar refractivity (Wildman–Crippen MR) is 37.8 cm³/mol. The van der Waals surface area contributed by atoms with E-state index in [1.165, 1.54) is 0 Å². The average Bonchev–Trinajstić information content (AvgIpc) is 1.92. The van der Waals surface area contributed by atoms with Crippen LogP contribution in [0, 0.1) is 0 Å². The molecule has 12 heteroatoms. The molecule has 0 aromatic rings. The van der Waals surface area contributed by atoms with Crippen LogP contribution in [-0.4, -0.2) is 159 Å². The molecule has 0 aliphatic carbocycles. The Morgan fingerprint density at radius 3 is 1.50 bits per heavy atom. The van der Waals surface area contributed by atoms with Crippen LogP contribution >= 0.6 is 7.82 Å². The molecule has 1 heterocycles. The van der Waals surface area contributed by atoms with E-state index < -0.39 is 7.82 Å². The molecule has 1 aliphatic rings. The van der Waals surface area contributed by atoms with Crippen LogP contribution in [0.4, 0.5) is 0 Å². The van der Waals surface area contributed by atoms with Crippen molar-refractivity contribution in [2.24, 2.45) is 0 Å². The Morgan fingerprint density at radius 2 is 1.17 bits per heavy atom. The summed E-state index contributed by atoms with van der Waals surface area (Å²) >= 11 is 0. The zero-order chi connectivity index (χ0) is 6.74. The van der Waals surface area contributed by atoms with Gasteiger partial charge in [-0.1, -0.05) is 9.35 Å². The second kappa shape index (κ2) is 12.3. The molecule has 0 spiro atoms. The van der Waals surface area contributed by atoms with Crippen molar-refractivity contribution in [3.8, 4) is 0 Å². The number of hydrogen-bond donors (Lipinski definition) is 1. The molecule has 0 saturated carbocycles. The maximum atomic E-state index is 10.2. The van der Waals surface area contributed by atoms with Crippen molar-refractivity contribution < 1.29 is 39.0 Å². The van der Waals surface area contributed by atoms with Gasteiger partial charge in [-0.15, -0.1) is 0 Å². The molecule has 1 aliphatic heterocycles. The van der Waals surface area contributed by atoms with Crippen molar-refractivity contribution in [2.45, 2.75) is 0 Å². The molecule has 1 rings (SSSR count). The first kappa shape index (κ1) is 22.1. The summed E-state index contributed by atoms with van der Waals surface area (Å²) in [4.78, 5) is 8.26. The van der Waals surface area contributed by atoms with Crippen molar-refractivity contribution in [1.82, 2.24) is 0 Å². The van der Waals surface area contributed by atoms with Gasteiger partial charge in [0.05, 0.1) is 0 Å².